The second kappa shape index (κ2) is 7.15. The van der Waals surface area contributed by atoms with E-state index in [1.165, 1.54) is 4.68 Å². The highest BCUT2D eigenvalue weighted by Crippen LogP contribution is 2.27. The molecular weight excluding hydrogens is 376 g/mol. The molecule has 0 aliphatic rings. The predicted molar refractivity (Wildman–Crippen MR) is 115 cm³/mol. The number of hydrogen-bond donors (Lipinski definition) is 0. The molecule has 5 aromatic rings. The highest BCUT2D eigenvalue weighted by Gasteiger charge is 2.16. The van der Waals surface area contributed by atoms with E-state index in [1.54, 1.807) is 48.7 Å². The van der Waals surface area contributed by atoms with E-state index in [0.717, 1.165) is 10.9 Å². The first-order valence-corrected chi connectivity index (χ1v) is 9.28. The molecule has 0 bridgehead atoms. The molecule has 6 nitrogen and oxygen atoms in total. The van der Waals surface area contributed by atoms with Crippen LogP contribution in [0.5, 0.6) is 0 Å². The van der Waals surface area contributed by atoms with Crippen LogP contribution in [0, 0.1) is 11.3 Å². The van der Waals surface area contributed by atoms with Gasteiger partial charge in [-0.3, -0.25) is 4.79 Å². The first kappa shape index (κ1) is 17.6. The maximum absolute atomic E-state index is 13.2. The molecule has 0 radical (unpaired) electrons. The number of hydrogen-bond acceptors (Lipinski definition) is 5. The maximum Gasteiger partial charge on any atom is 0.282 e. The molecule has 0 aliphatic carbocycles. The van der Waals surface area contributed by atoms with Gasteiger partial charge >= 0.3 is 0 Å². The average Bonchev–Trinajstić information content (AvgIpc) is 3.23. The number of benzene rings is 3. The molecule has 3 aromatic carbocycles. The Balaban J connectivity index is 1.71. The van der Waals surface area contributed by atoms with Crippen molar-refractivity contribution < 1.29 is 4.42 Å². The normalized spacial score (nSPS) is 11.3. The number of furan rings is 1. The highest BCUT2D eigenvalue weighted by atomic mass is 16.3. The van der Waals surface area contributed by atoms with Gasteiger partial charge in [0.1, 0.15) is 5.58 Å². The quantitative estimate of drug-likeness (QED) is 0.423. The van der Waals surface area contributed by atoms with Gasteiger partial charge in [-0.05, 0) is 42.0 Å². The molecule has 0 N–H and O–H groups in total. The fraction of sp³-hybridized carbons (Fsp3) is 0. The molecule has 0 aliphatic heterocycles. The van der Waals surface area contributed by atoms with Crippen molar-refractivity contribution in [2.75, 3.05) is 0 Å². The molecule has 0 fully saturated rings. The van der Waals surface area contributed by atoms with E-state index < -0.39 is 0 Å². The minimum Gasteiger partial charge on any atom is -0.453 e. The first-order valence-electron chi connectivity index (χ1n) is 9.28. The Morgan fingerprint density at radius 1 is 1.00 bits per heavy atom. The van der Waals surface area contributed by atoms with Crippen molar-refractivity contribution in [1.29, 1.82) is 5.26 Å². The second-order valence-electron chi connectivity index (χ2n) is 6.70. The molecule has 142 valence electrons. The summed E-state index contributed by atoms with van der Waals surface area (Å²) in [6.45, 7) is 0. The van der Waals surface area contributed by atoms with Crippen LogP contribution < -0.4 is 5.56 Å². The molecule has 0 amide bonds. The van der Waals surface area contributed by atoms with Crippen LogP contribution in [0.4, 0.5) is 0 Å². The number of fused-ring (bicyclic) bond motifs is 2. The zero-order valence-electron chi connectivity index (χ0n) is 15.7. The van der Waals surface area contributed by atoms with Gasteiger partial charge in [0.2, 0.25) is 5.82 Å². The molecule has 30 heavy (non-hydrogen) atoms. The average molecular weight is 390 g/mol. The minimum atomic E-state index is -0.291. The summed E-state index contributed by atoms with van der Waals surface area (Å²) in [5.74, 6) is 0.774. The van der Waals surface area contributed by atoms with Crippen LogP contribution in [-0.4, -0.2) is 15.9 Å². The lowest BCUT2D eigenvalue weighted by Crippen LogP contribution is -2.20. The van der Waals surface area contributed by atoms with Crippen LogP contribution in [0.15, 0.2) is 93.2 Å². The lowest BCUT2D eigenvalue weighted by molar-refractivity contribution is 0.616. The zero-order valence-corrected chi connectivity index (χ0v) is 15.7. The summed E-state index contributed by atoms with van der Waals surface area (Å²) >= 11 is 0. The summed E-state index contributed by atoms with van der Waals surface area (Å²) in [6, 6.07) is 25.6. The van der Waals surface area contributed by atoms with Gasteiger partial charge in [0.05, 0.1) is 28.8 Å². The zero-order chi connectivity index (χ0) is 20.5. The summed E-state index contributed by atoms with van der Waals surface area (Å²) in [5.41, 5.74) is 2.30. The molecular formula is C24H14N4O2. The predicted octanol–water partition coefficient (Wildman–Crippen LogP) is 4.56. The number of rotatable bonds is 3. The van der Waals surface area contributed by atoms with Crippen molar-refractivity contribution in [3.05, 3.63) is 100 Å². The number of nitrogens with zero attached hydrogens (tertiary/aromatic N) is 4. The molecule has 0 atom stereocenters. The largest absolute Gasteiger partial charge is 0.453 e. The van der Waals surface area contributed by atoms with E-state index in [9.17, 15) is 4.79 Å². The summed E-state index contributed by atoms with van der Waals surface area (Å²) in [6.07, 6.45) is 1.56. The van der Waals surface area contributed by atoms with Gasteiger partial charge < -0.3 is 4.42 Å². The van der Waals surface area contributed by atoms with E-state index >= 15 is 0 Å². The van der Waals surface area contributed by atoms with Crippen LogP contribution in [0.2, 0.25) is 0 Å². The first-order chi connectivity index (χ1) is 14.7. The van der Waals surface area contributed by atoms with Crippen LogP contribution in [-0.2, 0) is 0 Å². The van der Waals surface area contributed by atoms with E-state index in [4.69, 9.17) is 9.68 Å². The van der Waals surface area contributed by atoms with Crippen molar-refractivity contribution >= 4 is 28.1 Å². The van der Waals surface area contributed by atoms with Gasteiger partial charge in [-0.15, -0.1) is 0 Å². The number of aromatic nitrogens is 2. The van der Waals surface area contributed by atoms with Gasteiger partial charge in [-0.2, -0.15) is 15.0 Å². The van der Waals surface area contributed by atoms with E-state index in [0.29, 0.717) is 33.6 Å². The van der Waals surface area contributed by atoms with Crippen LogP contribution in [0.3, 0.4) is 0 Å². The van der Waals surface area contributed by atoms with Gasteiger partial charge in [0.25, 0.3) is 5.56 Å². The second-order valence-corrected chi connectivity index (χ2v) is 6.70. The Morgan fingerprint density at radius 3 is 2.57 bits per heavy atom. The third-order valence-electron chi connectivity index (χ3n) is 4.76. The Kier molecular flexibility index (Phi) is 4.19. The molecule has 2 heterocycles. The fourth-order valence-corrected chi connectivity index (χ4v) is 3.25. The monoisotopic (exact) mass is 390 g/mol. The van der Waals surface area contributed by atoms with Crippen molar-refractivity contribution in [3.63, 3.8) is 0 Å². The SMILES string of the molecule is N#Cc1ccc(C=Nn2c(-c3cc4ccccc4o3)nc3ccccc3c2=O)cc1. The van der Waals surface area contributed by atoms with E-state index in [1.807, 2.05) is 36.4 Å². The lowest BCUT2D eigenvalue weighted by Gasteiger charge is -2.07. The molecule has 0 saturated heterocycles. The van der Waals surface area contributed by atoms with Crippen molar-refractivity contribution in [2.24, 2.45) is 5.10 Å². The third-order valence-corrected chi connectivity index (χ3v) is 4.76. The molecule has 6 heteroatoms. The Labute approximate surface area is 171 Å². The van der Waals surface area contributed by atoms with Crippen molar-refractivity contribution in [1.82, 2.24) is 9.66 Å². The van der Waals surface area contributed by atoms with E-state index in [2.05, 4.69) is 16.2 Å². The third kappa shape index (κ3) is 3.05. The summed E-state index contributed by atoms with van der Waals surface area (Å²) in [4.78, 5) is 17.8. The summed E-state index contributed by atoms with van der Waals surface area (Å²) in [7, 11) is 0. The smallest absolute Gasteiger partial charge is 0.282 e. The van der Waals surface area contributed by atoms with Crippen LogP contribution in [0.25, 0.3) is 33.5 Å². The molecule has 0 saturated carbocycles. The molecule has 0 spiro atoms. The minimum absolute atomic E-state index is 0.291. The van der Waals surface area contributed by atoms with Gasteiger partial charge in [-0.1, -0.05) is 42.5 Å². The summed E-state index contributed by atoms with van der Waals surface area (Å²) in [5, 5.41) is 14.7. The molecule has 2 aromatic heterocycles. The molecule has 0 unspecified atom stereocenters. The maximum atomic E-state index is 13.2. The summed E-state index contributed by atoms with van der Waals surface area (Å²) < 4.78 is 7.20. The van der Waals surface area contributed by atoms with Gasteiger partial charge in [0, 0.05) is 5.39 Å². The Bertz CT molecular complexity index is 1490. The van der Waals surface area contributed by atoms with E-state index in [-0.39, 0.29) is 5.56 Å². The Morgan fingerprint density at radius 2 is 1.77 bits per heavy atom. The topological polar surface area (TPSA) is 84.2 Å². The number of nitriles is 1. The van der Waals surface area contributed by atoms with Crippen molar-refractivity contribution in [3.8, 4) is 17.7 Å². The van der Waals surface area contributed by atoms with Crippen LogP contribution >= 0.6 is 0 Å². The van der Waals surface area contributed by atoms with Crippen LogP contribution in [0.1, 0.15) is 11.1 Å². The Hall–Kier alpha value is -4.50. The highest BCUT2D eigenvalue weighted by molar-refractivity contribution is 5.84. The van der Waals surface area contributed by atoms with Gasteiger partial charge in [-0.25, -0.2) is 4.98 Å². The molecule has 5 rings (SSSR count). The standard InChI is InChI=1S/C24H14N4O2/c25-14-16-9-11-17(12-10-16)15-26-28-23(22-13-18-5-1-4-8-21(18)30-22)27-20-7-3-2-6-19(20)24(28)29/h1-13,15H. The van der Waals surface area contributed by atoms with Crippen molar-refractivity contribution in [2.45, 2.75) is 0 Å². The fourth-order valence-electron chi connectivity index (χ4n) is 3.25. The lowest BCUT2D eigenvalue weighted by atomic mass is 10.2. The van der Waals surface area contributed by atoms with Gasteiger partial charge in [0.15, 0.2) is 5.76 Å². The number of para-hydroxylation sites is 2.